The molecular formula is C16H16N2S. The minimum atomic E-state index is -0.0222. The second-order valence-corrected chi connectivity index (χ2v) is 5.67. The van der Waals surface area contributed by atoms with Crippen molar-refractivity contribution in [3.63, 3.8) is 0 Å². The summed E-state index contributed by atoms with van der Waals surface area (Å²) in [5.41, 5.74) is 8.72. The van der Waals surface area contributed by atoms with Crippen molar-refractivity contribution >= 4 is 21.4 Å². The molecule has 19 heavy (non-hydrogen) atoms. The molecule has 0 aliphatic heterocycles. The van der Waals surface area contributed by atoms with E-state index in [0.717, 1.165) is 5.69 Å². The maximum absolute atomic E-state index is 6.45. The highest BCUT2D eigenvalue weighted by molar-refractivity contribution is 7.17. The van der Waals surface area contributed by atoms with Crippen LogP contribution in [0.1, 0.15) is 30.1 Å². The van der Waals surface area contributed by atoms with Crippen molar-refractivity contribution in [2.75, 3.05) is 0 Å². The van der Waals surface area contributed by atoms with Gasteiger partial charge in [0.2, 0.25) is 0 Å². The molecule has 0 fully saturated rings. The predicted octanol–water partition coefficient (Wildman–Crippen LogP) is 4.10. The summed E-state index contributed by atoms with van der Waals surface area (Å²) >= 11 is 1.75. The first-order valence-corrected chi connectivity index (χ1v) is 7.28. The van der Waals surface area contributed by atoms with Gasteiger partial charge < -0.3 is 5.73 Å². The van der Waals surface area contributed by atoms with Crippen molar-refractivity contribution in [1.82, 2.24) is 4.98 Å². The van der Waals surface area contributed by atoms with Crippen LogP contribution in [0.5, 0.6) is 0 Å². The van der Waals surface area contributed by atoms with Gasteiger partial charge in [0.15, 0.2) is 0 Å². The summed E-state index contributed by atoms with van der Waals surface area (Å²) < 4.78 is 1.29. The molecule has 96 valence electrons. The molecule has 0 saturated carbocycles. The highest BCUT2D eigenvalue weighted by Crippen LogP contribution is 2.35. The summed E-state index contributed by atoms with van der Waals surface area (Å²) in [5.74, 6) is 0.208. The molecule has 2 heterocycles. The maximum atomic E-state index is 6.45. The van der Waals surface area contributed by atoms with Gasteiger partial charge in [0.05, 0.1) is 0 Å². The smallest absolute Gasteiger partial charge is 0.0450 e. The number of aromatic nitrogens is 1. The van der Waals surface area contributed by atoms with Gasteiger partial charge >= 0.3 is 0 Å². The van der Waals surface area contributed by atoms with Gasteiger partial charge in [-0.05, 0) is 34.5 Å². The lowest BCUT2D eigenvalue weighted by Crippen LogP contribution is -2.18. The summed E-state index contributed by atoms with van der Waals surface area (Å²) in [6.07, 6.45) is 1.82. The van der Waals surface area contributed by atoms with Crippen LogP contribution in [0.4, 0.5) is 0 Å². The van der Waals surface area contributed by atoms with Crippen molar-refractivity contribution in [3.8, 4) is 0 Å². The largest absolute Gasteiger partial charge is 0.323 e. The summed E-state index contributed by atoms with van der Waals surface area (Å²) in [4.78, 5) is 4.41. The Kier molecular flexibility index (Phi) is 3.32. The monoisotopic (exact) mass is 268 g/mol. The van der Waals surface area contributed by atoms with E-state index in [-0.39, 0.29) is 12.0 Å². The lowest BCUT2D eigenvalue weighted by molar-refractivity contribution is 0.589. The fourth-order valence-corrected chi connectivity index (χ4v) is 3.36. The summed E-state index contributed by atoms with van der Waals surface area (Å²) in [6, 6.07) is 14.4. The molecule has 0 bridgehead atoms. The first-order chi connectivity index (χ1) is 9.27. The lowest BCUT2D eigenvalue weighted by Gasteiger charge is -2.19. The van der Waals surface area contributed by atoms with Gasteiger partial charge in [-0.25, -0.2) is 0 Å². The van der Waals surface area contributed by atoms with E-state index >= 15 is 0 Å². The number of pyridine rings is 1. The quantitative estimate of drug-likeness (QED) is 0.776. The van der Waals surface area contributed by atoms with Gasteiger partial charge in [-0.15, -0.1) is 11.3 Å². The van der Waals surface area contributed by atoms with Crippen LogP contribution in [0.15, 0.2) is 54.0 Å². The van der Waals surface area contributed by atoms with Crippen LogP contribution in [-0.4, -0.2) is 4.98 Å². The van der Waals surface area contributed by atoms with Gasteiger partial charge in [0.25, 0.3) is 0 Å². The van der Waals surface area contributed by atoms with Crippen LogP contribution in [0.3, 0.4) is 0 Å². The summed E-state index contributed by atoms with van der Waals surface area (Å²) in [6.45, 7) is 2.14. The van der Waals surface area contributed by atoms with E-state index in [0.29, 0.717) is 0 Å². The van der Waals surface area contributed by atoms with E-state index in [1.54, 1.807) is 11.3 Å². The zero-order valence-electron chi connectivity index (χ0n) is 10.8. The van der Waals surface area contributed by atoms with E-state index in [1.165, 1.54) is 15.6 Å². The summed E-state index contributed by atoms with van der Waals surface area (Å²) in [5, 5.41) is 3.44. The fourth-order valence-electron chi connectivity index (χ4n) is 2.36. The van der Waals surface area contributed by atoms with Crippen molar-refractivity contribution in [1.29, 1.82) is 0 Å². The Morgan fingerprint density at radius 3 is 2.68 bits per heavy atom. The average Bonchev–Trinajstić information content (AvgIpc) is 2.90. The van der Waals surface area contributed by atoms with Crippen LogP contribution < -0.4 is 5.73 Å². The maximum Gasteiger partial charge on any atom is 0.0450 e. The Morgan fingerprint density at radius 1 is 1.11 bits per heavy atom. The highest BCUT2D eigenvalue weighted by Gasteiger charge is 2.20. The molecule has 2 N–H and O–H groups in total. The van der Waals surface area contributed by atoms with E-state index in [4.69, 9.17) is 5.73 Å². The zero-order chi connectivity index (χ0) is 13.2. The van der Waals surface area contributed by atoms with Gasteiger partial charge in [-0.2, -0.15) is 0 Å². The molecule has 1 aromatic carbocycles. The molecular weight excluding hydrogens is 252 g/mol. The Hall–Kier alpha value is -1.71. The molecule has 0 aliphatic carbocycles. The number of hydrogen-bond acceptors (Lipinski definition) is 3. The number of hydrogen-bond donors (Lipinski definition) is 1. The Labute approximate surface area is 116 Å². The van der Waals surface area contributed by atoms with E-state index < -0.39 is 0 Å². The molecule has 0 aliphatic rings. The average molecular weight is 268 g/mol. The third-order valence-corrected chi connectivity index (χ3v) is 4.54. The second kappa shape index (κ2) is 5.11. The van der Waals surface area contributed by atoms with E-state index in [9.17, 15) is 0 Å². The third kappa shape index (κ3) is 2.27. The highest BCUT2D eigenvalue weighted by atomic mass is 32.1. The van der Waals surface area contributed by atoms with Crippen LogP contribution in [0.2, 0.25) is 0 Å². The number of nitrogens with zero attached hydrogens (tertiary/aromatic N) is 1. The second-order valence-electron chi connectivity index (χ2n) is 4.76. The van der Waals surface area contributed by atoms with Crippen LogP contribution in [0.25, 0.3) is 10.1 Å². The molecule has 2 aromatic heterocycles. The minimum absolute atomic E-state index is 0.0222. The lowest BCUT2D eigenvalue weighted by atomic mass is 9.92. The van der Waals surface area contributed by atoms with Crippen molar-refractivity contribution in [3.05, 3.63) is 65.3 Å². The van der Waals surface area contributed by atoms with Gasteiger partial charge in [-0.1, -0.05) is 31.2 Å². The Morgan fingerprint density at radius 2 is 1.89 bits per heavy atom. The van der Waals surface area contributed by atoms with Crippen molar-refractivity contribution < 1.29 is 0 Å². The van der Waals surface area contributed by atoms with Gasteiger partial charge in [0.1, 0.15) is 0 Å². The summed E-state index contributed by atoms with van der Waals surface area (Å²) in [7, 11) is 0. The number of rotatable bonds is 3. The van der Waals surface area contributed by atoms with E-state index in [1.807, 2.05) is 24.4 Å². The van der Waals surface area contributed by atoms with Crippen molar-refractivity contribution in [2.24, 2.45) is 5.73 Å². The molecule has 0 radical (unpaired) electrons. The van der Waals surface area contributed by atoms with Crippen LogP contribution >= 0.6 is 11.3 Å². The first kappa shape index (κ1) is 12.3. The normalized spacial score (nSPS) is 14.4. The minimum Gasteiger partial charge on any atom is -0.323 e. The molecule has 2 unspecified atom stereocenters. The molecule has 0 spiro atoms. The topological polar surface area (TPSA) is 38.9 Å². The van der Waals surface area contributed by atoms with Crippen molar-refractivity contribution in [2.45, 2.75) is 18.9 Å². The molecule has 0 amide bonds. The van der Waals surface area contributed by atoms with Gasteiger partial charge in [0, 0.05) is 28.6 Å². The number of benzene rings is 1. The molecule has 3 heteroatoms. The zero-order valence-corrected chi connectivity index (χ0v) is 11.6. The first-order valence-electron chi connectivity index (χ1n) is 6.40. The SMILES string of the molecule is CC(c1ccccn1)C(N)c1csc2ccccc12. The number of fused-ring (bicyclic) bond motifs is 1. The van der Waals surface area contributed by atoms with Crippen LogP contribution in [0, 0.1) is 0 Å². The number of thiophene rings is 1. The van der Waals surface area contributed by atoms with E-state index in [2.05, 4.69) is 41.6 Å². The molecule has 3 aromatic rings. The molecule has 2 nitrogen and oxygen atoms in total. The molecule has 0 saturated heterocycles. The predicted molar refractivity (Wildman–Crippen MR) is 81.4 cm³/mol. The standard InChI is InChI=1S/C16H16N2S/c1-11(14-7-4-5-9-18-14)16(17)13-10-19-15-8-3-2-6-12(13)15/h2-11,16H,17H2,1H3. The number of nitrogens with two attached hydrogens (primary N) is 1. The van der Waals surface area contributed by atoms with Gasteiger partial charge in [-0.3, -0.25) is 4.98 Å². The van der Waals surface area contributed by atoms with Crippen LogP contribution in [-0.2, 0) is 0 Å². The Balaban J connectivity index is 1.98. The fraction of sp³-hybridized carbons (Fsp3) is 0.188. The third-order valence-electron chi connectivity index (χ3n) is 3.56. The molecule has 3 rings (SSSR count). The molecule has 2 atom stereocenters. The Bertz CT molecular complexity index is 675.